The molecule has 2 atom stereocenters. The zero-order valence-electron chi connectivity index (χ0n) is 11.8. The topological polar surface area (TPSA) is 56.5 Å². The van der Waals surface area contributed by atoms with E-state index < -0.39 is 0 Å². The van der Waals surface area contributed by atoms with Gasteiger partial charge in [-0.1, -0.05) is 17.7 Å². The molecule has 0 aliphatic carbocycles. The highest BCUT2D eigenvalue weighted by molar-refractivity contribution is 5.37. The van der Waals surface area contributed by atoms with Crippen LogP contribution in [0, 0.1) is 12.8 Å². The van der Waals surface area contributed by atoms with E-state index >= 15 is 0 Å². The number of nitrogens with two attached hydrogens (primary N) is 1. The molecule has 1 aliphatic heterocycles. The van der Waals surface area contributed by atoms with Gasteiger partial charge in [-0.3, -0.25) is 11.3 Å². The Balaban J connectivity index is 2.10. The molecule has 1 aromatic rings. The third-order valence-electron chi connectivity index (χ3n) is 3.85. The molecule has 4 nitrogen and oxygen atoms in total. The molecule has 1 fully saturated rings. The number of aryl methyl sites for hydroxylation is 1. The Morgan fingerprint density at radius 1 is 1.53 bits per heavy atom. The van der Waals surface area contributed by atoms with Gasteiger partial charge in [-0.05, 0) is 43.7 Å². The van der Waals surface area contributed by atoms with E-state index in [9.17, 15) is 0 Å². The molecule has 19 heavy (non-hydrogen) atoms. The Labute approximate surface area is 115 Å². The molecule has 1 saturated heterocycles. The minimum absolute atomic E-state index is 0.232. The van der Waals surface area contributed by atoms with E-state index in [0.717, 1.165) is 31.8 Å². The van der Waals surface area contributed by atoms with Crippen LogP contribution in [0.15, 0.2) is 18.2 Å². The predicted molar refractivity (Wildman–Crippen MR) is 76.1 cm³/mol. The molecule has 1 heterocycles. The lowest BCUT2D eigenvalue weighted by atomic mass is 9.89. The van der Waals surface area contributed by atoms with Gasteiger partial charge in [-0.25, -0.2) is 0 Å². The highest BCUT2D eigenvalue weighted by Gasteiger charge is 2.24. The van der Waals surface area contributed by atoms with Crippen molar-refractivity contribution in [3.8, 4) is 5.75 Å². The van der Waals surface area contributed by atoms with Crippen molar-refractivity contribution in [3.05, 3.63) is 29.3 Å². The van der Waals surface area contributed by atoms with Gasteiger partial charge < -0.3 is 9.47 Å². The van der Waals surface area contributed by atoms with Crippen molar-refractivity contribution in [2.45, 2.75) is 32.2 Å². The maximum atomic E-state index is 5.73. The van der Waals surface area contributed by atoms with E-state index in [0.29, 0.717) is 5.92 Å². The van der Waals surface area contributed by atoms with Gasteiger partial charge in [0.1, 0.15) is 5.75 Å². The summed E-state index contributed by atoms with van der Waals surface area (Å²) in [6.45, 7) is 3.77. The first kappa shape index (κ1) is 14.3. The van der Waals surface area contributed by atoms with Crippen LogP contribution in [0.2, 0.25) is 0 Å². The third kappa shape index (κ3) is 3.69. The molecular formula is C15H24N2O2. The lowest BCUT2D eigenvalue weighted by molar-refractivity contribution is 0.0392. The number of ether oxygens (including phenoxy) is 2. The summed E-state index contributed by atoms with van der Waals surface area (Å²) in [4.78, 5) is 0. The van der Waals surface area contributed by atoms with Gasteiger partial charge in [0.25, 0.3) is 0 Å². The molecule has 2 unspecified atom stereocenters. The summed E-state index contributed by atoms with van der Waals surface area (Å²) in [6.07, 6.45) is 3.16. The van der Waals surface area contributed by atoms with Gasteiger partial charge in [0.05, 0.1) is 13.7 Å². The minimum atomic E-state index is 0.232. The first-order chi connectivity index (χ1) is 9.24. The van der Waals surface area contributed by atoms with Crippen LogP contribution in [-0.4, -0.2) is 26.4 Å². The third-order valence-corrected chi connectivity index (χ3v) is 3.85. The standard InChI is InChI=1S/C15H24N2O2/c1-11-5-6-15(18-2)13(8-11)9-14(17-16)12-4-3-7-19-10-12/h5-6,8,12,14,17H,3-4,7,9-10,16H2,1-2H3. The lowest BCUT2D eigenvalue weighted by Gasteiger charge is -2.30. The van der Waals surface area contributed by atoms with Crippen molar-refractivity contribution >= 4 is 0 Å². The summed E-state index contributed by atoms with van der Waals surface area (Å²) in [7, 11) is 1.71. The SMILES string of the molecule is COc1ccc(C)cc1CC(NN)C1CCCOC1. The van der Waals surface area contributed by atoms with Gasteiger partial charge in [0.2, 0.25) is 0 Å². The van der Waals surface area contributed by atoms with Crippen molar-refractivity contribution in [2.75, 3.05) is 20.3 Å². The summed E-state index contributed by atoms with van der Waals surface area (Å²) in [6, 6.07) is 6.50. The highest BCUT2D eigenvalue weighted by atomic mass is 16.5. The van der Waals surface area contributed by atoms with E-state index in [4.69, 9.17) is 15.3 Å². The number of rotatable bonds is 5. The molecule has 0 aromatic heterocycles. The molecule has 0 amide bonds. The Kier molecular flexibility index (Phi) is 5.19. The first-order valence-corrected chi connectivity index (χ1v) is 6.92. The van der Waals surface area contributed by atoms with Gasteiger partial charge in [-0.2, -0.15) is 0 Å². The Morgan fingerprint density at radius 3 is 3.00 bits per heavy atom. The van der Waals surface area contributed by atoms with E-state index in [-0.39, 0.29) is 6.04 Å². The summed E-state index contributed by atoms with van der Waals surface area (Å²) in [5.41, 5.74) is 5.40. The second kappa shape index (κ2) is 6.89. The second-order valence-electron chi connectivity index (χ2n) is 5.27. The average Bonchev–Trinajstić information content (AvgIpc) is 2.46. The first-order valence-electron chi connectivity index (χ1n) is 6.92. The van der Waals surface area contributed by atoms with Crippen LogP contribution in [0.5, 0.6) is 5.75 Å². The van der Waals surface area contributed by atoms with Crippen LogP contribution >= 0.6 is 0 Å². The van der Waals surface area contributed by atoms with Crippen molar-refractivity contribution in [1.82, 2.24) is 5.43 Å². The minimum Gasteiger partial charge on any atom is -0.496 e. The number of benzene rings is 1. The number of nitrogens with one attached hydrogen (secondary N) is 1. The average molecular weight is 264 g/mol. The number of hydrogen-bond acceptors (Lipinski definition) is 4. The maximum Gasteiger partial charge on any atom is 0.122 e. The fourth-order valence-electron chi connectivity index (χ4n) is 2.75. The molecule has 1 aliphatic rings. The smallest absolute Gasteiger partial charge is 0.122 e. The number of hydrazine groups is 1. The summed E-state index contributed by atoms with van der Waals surface area (Å²) in [5, 5.41) is 0. The molecule has 4 heteroatoms. The van der Waals surface area contributed by atoms with Crippen LogP contribution in [0.3, 0.4) is 0 Å². The van der Waals surface area contributed by atoms with Crippen LogP contribution in [-0.2, 0) is 11.2 Å². The van der Waals surface area contributed by atoms with Gasteiger partial charge in [-0.15, -0.1) is 0 Å². The zero-order chi connectivity index (χ0) is 13.7. The van der Waals surface area contributed by atoms with Crippen molar-refractivity contribution in [2.24, 2.45) is 11.8 Å². The normalized spacial score (nSPS) is 21.1. The van der Waals surface area contributed by atoms with Crippen LogP contribution in [0.4, 0.5) is 0 Å². The van der Waals surface area contributed by atoms with E-state index in [2.05, 4.69) is 24.5 Å². The molecule has 0 spiro atoms. The molecule has 1 aromatic carbocycles. The fourth-order valence-corrected chi connectivity index (χ4v) is 2.75. The number of hydrogen-bond donors (Lipinski definition) is 2. The summed E-state index contributed by atoms with van der Waals surface area (Å²) >= 11 is 0. The predicted octanol–water partition coefficient (Wildman–Crippen LogP) is 1.80. The Bertz CT molecular complexity index is 403. The number of methoxy groups -OCH3 is 1. The van der Waals surface area contributed by atoms with Crippen molar-refractivity contribution in [3.63, 3.8) is 0 Å². The van der Waals surface area contributed by atoms with Crippen molar-refractivity contribution < 1.29 is 9.47 Å². The van der Waals surface area contributed by atoms with Gasteiger partial charge in [0, 0.05) is 12.6 Å². The lowest BCUT2D eigenvalue weighted by Crippen LogP contribution is -2.45. The van der Waals surface area contributed by atoms with E-state index in [1.54, 1.807) is 7.11 Å². The molecule has 3 N–H and O–H groups in total. The Morgan fingerprint density at radius 2 is 2.37 bits per heavy atom. The molecule has 2 rings (SSSR count). The van der Waals surface area contributed by atoms with E-state index in [1.807, 2.05) is 6.07 Å². The largest absolute Gasteiger partial charge is 0.496 e. The maximum absolute atomic E-state index is 5.73. The summed E-state index contributed by atoms with van der Waals surface area (Å²) < 4.78 is 11.0. The highest BCUT2D eigenvalue weighted by Crippen LogP contribution is 2.25. The Hall–Kier alpha value is -1.10. The monoisotopic (exact) mass is 264 g/mol. The fraction of sp³-hybridized carbons (Fsp3) is 0.600. The van der Waals surface area contributed by atoms with Crippen LogP contribution in [0.1, 0.15) is 24.0 Å². The second-order valence-corrected chi connectivity index (χ2v) is 5.27. The van der Waals surface area contributed by atoms with Gasteiger partial charge >= 0.3 is 0 Å². The molecule has 0 radical (unpaired) electrons. The molecule has 106 valence electrons. The summed E-state index contributed by atoms with van der Waals surface area (Å²) in [5.74, 6) is 7.14. The van der Waals surface area contributed by atoms with Crippen molar-refractivity contribution in [1.29, 1.82) is 0 Å². The van der Waals surface area contributed by atoms with E-state index in [1.165, 1.54) is 17.5 Å². The molecule has 0 bridgehead atoms. The molecule has 0 saturated carbocycles. The quantitative estimate of drug-likeness (QED) is 0.629. The van der Waals surface area contributed by atoms with Crippen LogP contribution in [0.25, 0.3) is 0 Å². The molecular weight excluding hydrogens is 240 g/mol. The van der Waals surface area contributed by atoms with Gasteiger partial charge in [0.15, 0.2) is 0 Å². The van der Waals surface area contributed by atoms with Crippen LogP contribution < -0.4 is 16.0 Å². The zero-order valence-corrected chi connectivity index (χ0v) is 11.8.